The second-order valence-electron chi connectivity index (χ2n) is 3.99. The Morgan fingerprint density at radius 1 is 1.54 bits per heavy atom. The van der Waals surface area contributed by atoms with Crippen LogP contribution in [0.25, 0.3) is 0 Å². The van der Waals surface area contributed by atoms with Crippen molar-refractivity contribution in [3.05, 3.63) is 0 Å². The first kappa shape index (κ1) is 8.81. The van der Waals surface area contributed by atoms with Gasteiger partial charge in [0.05, 0.1) is 6.04 Å². The maximum atomic E-state index is 11.7. The summed E-state index contributed by atoms with van der Waals surface area (Å²) < 4.78 is 0. The number of nitrogens with zero attached hydrogens (tertiary/aromatic N) is 2. The minimum atomic E-state index is 0.211. The molecular formula is C9H17N3O. The Balaban J connectivity index is 1.98. The van der Waals surface area contributed by atoms with Crippen LogP contribution in [0.2, 0.25) is 0 Å². The van der Waals surface area contributed by atoms with Crippen LogP contribution in [0.15, 0.2) is 0 Å². The highest BCUT2D eigenvalue weighted by Gasteiger charge is 2.41. The zero-order valence-corrected chi connectivity index (χ0v) is 8.29. The Kier molecular flexibility index (Phi) is 2.15. The molecule has 1 aliphatic carbocycles. The maximum Gasteiger partial charge on any atom is 0.320 e. The quantitative estimate of drug-likeness (QED) is 0.674. The van der Waals surface area contributed by atoms with Gasteiger partial charge in [-0.15, -0.1) is 0 Å². The summed E-state index contributed by atoms with van der Waals surface area (Å²) in [6.07, 6.45) is 2.40. The summed E-state index contributed by atoms with van der Waals surface area (Å²) in [6.45, 7) is 1.80. The van der Waals surface area contributed by atoms with Crippen LogP contribution in [0.5, 0.6) is 0 Å². The number of hydrogen-bond acceptors (Lipinski definition) is 2. The molecule has 0 aromatic rings. The van der Waals surface area contributed by atoms with Gasteiger partial charge < -0.3 is 15.1 Å². The van der Waals surface area contributed by atoms with Crippen molar-refractivity contribution in [1.29, 1.82) is 0 Å². The number of urea groups is 1. The van der Waals surface area contributed by atoms with Crippen LogP contribution in [0.1, 0.15) is 12.8 Å². The van der Waals surface area contributed by atoms with Gasteiger partial charge in [0.1, 0.15) is 0 Å². The van der Waals surface area contributed by atoms with Crippen LogP contribution >= 0.6 is 0 Å². The predicted octanol–water partition coefficient (Wildman–Crippen LogP) is 0.104. The normalized spacial score (nSPS) is 28.8. The van der Waals surface area contributed by atoms with Crippen molar-refractivity contribution in [3.63, 3.8) is 0 Å². The van der Waals surface area contributed by atoms with Crippen LogP contribution in [0, 0.1) is 0 Å². The maximum absolute atomic E-state index is 11.7. The molecular weight excluding hydrogens is 166 g/mol. The molecule has 13 heavy (non-hydrogen) atoms. The highest BCUT2D eigenvalue weighted by Crippen LogP contribution is 2.31. The first-order valence-electron chi connectivity index (χ1n) is 4.92. The van der Waals surface area contributed by atoms with Crippen molar-refractivity contribution >= 4 is 6.03 Å². The average molecular weight is 183 g/mol. The van der Waals surface area contributed by atoms with E-state index in [0.29, 0.717) is 12.1 Å². The van der Waals surface area contributed by atoms with E-state index in [4.69, 9.17) is 0 Å². The number of likely N-dealkylation sites (N-methyl/N-ethyl adjacent to an activating group) is 2. The van der Waals surface area contributed by atoms with Crippen molar-refractivity contribution in [1.82, 2.24) is 15.1 Å². The molecule has 2 fully saturated rings. The molecule has 0 spiro atoms. The molecule has 2 amide bonds. The van der Waals surface area contributed by atoms with Crippen molar-refractivity contribution in [2.24, 2.45) is 0 Å². The van der Waals surface area contributed by atoms with E-state index in [1.165, 1.54) is 12.8 Å². The monoisotopic (exact) mass is 183 g/mol. The van der Waals surface area contributed by atoms with Gasteiger partial charge in [-0.05, 0) is 19.9 Å². The van der Waals surface area contributed by atoms with E-state index in [0.717, 1.165) is 13.1 Å². The van der Waals surface area contributed by atoms with Crippen molar-refractivity contribution in [2.45, 2.75) is 24.9 Å². The van der Waals surface area contributed by atoms with Gasteiger partial charge in [0, 0.05) is 26.2 Å². The van der Waals surface area contributed by atoms with Gasteiger partial charge in [-0.2, -0.15) is 0 Å². The second-order valence-corrected chi connectivity index (χ2v) is 3.99. The molecule has 1 atom stereocenters. The van der Waals surface area contributed by atoms with Crippen molar-refractivity contribution in [3.8, 4) is 0 Å². The summed E-state index contributed by atoms with van der Waals surface area (Å²) in [4.78, 5) is 15.6. The summed E-state index contributed by atoms with van der Waals surface area (Å²) >= 11 is 0. The van der Waals surface area contributed by atoms with Crippen LogP contribution in [-0.4, -0.2) is 55.1 Å². The van der Waals surface area contributed by atoms with E-state index in [2.05, 4.69) is 5.32 Å². The first-order chi connectivity index (χ1) is 6.24. The summed E-state index contributed by atoms with van der Waals surface area (Å²) in [5.41, 5.74) is 0. The van der Waals surface area contributed by atoms with Gasteiger partial charge in [-0.1, -0.05) is 0 Å². The molecule has 2 rings (SSSR count). The molecule has 74 valence electrons. The van der Waals surface area contributed by atoms with E-state index in [-0.39, 0.29) is 6.03 Å². The lowest BCUT2D eigenvalue weighted by atomic mass is 10.3. The number of hydrogen-bond donors (Lipinski definition) is 1. The molecule has 1 saturated heterocycles. The summed E-state index contributed by atoms with van der Waals surface area (Å²) in [6, 6.07) is 1.12. The van der Waals surface area contributed by atoms with Crippen LogP contribution in [-0.2, 0) is 0 Å². The lowest BCUT2D eigenvalue weighted by Gasteiger charge is -2.16. The molecule has 4 nitrogen and oxygen atoms in total. The largest absolute Gasteiger partial charge is 0.322 e. The average Bonchev–Trinajstić information content (AvgIpc) is 2.89. The second kappa shape index (κ2) is 3.18. The van der Waals surface area contributed by atoms with E-state index in [1.807, 2.05) is 23.9 Å². The van der Waals surface area contributed by atoms with Gasteiger partial charge in [0.15, 0.2) is 0 Å². The zero-order valence-electron chi connectivity index (χ0n) is 8.29. The fourth-order valence-electron chi connectivity index (χ4n) is 1.91. The van der Waals surface area contributed by atoms with E-state index < -0.39 is 0 Å². The third-order valence-corrected chi connectivity index (χ3v) is 2.93. The van der Waals surface area contributed by atoms with Crippen LogP contribution < -0.4 is 5.32 Å². The number of nitrogens with one attached hydrogen (secondary N) is 1. The van der Waals surface area contributed by atoms with E-state index in [9.17, 15) is 4.79 Å². The SMILES string of the molecule is CNCC1CN(C2CC2)C(=O)N1C. The number of amides is 2. The molecule has 1 N–H and O–H groups in total. The molecule has 4 heteroatoms. The van der Waals surface area contributed by atoms with Crippen LogP contribution in [0.3, 0.4) is 0 Å². The van der Waals surface area contributed by atoms with E-state index >= 15 is 0 Å². The van der Waals surface area contributed by atoms with Gasteiger partial charge in [0.25, 0.3) is 0 Å². The minimum absolute atomic E-state index is 0.211. The minimum Gasteiger partial charge on any atom is -0.322 e. The predicted molar refractivity (Wildman–Crippen MR) is 50.6 cm³/mol. The number of carbonyl (C=O) groups is 1. The topological polar surface area (TPSA) is 35.6 Å². The first-order valence-corrected chi connectivity index (χ1v) is 4.92. The molecule has 0 aromatic heterocycles. The lowest BCUT2D eigenvalue weighted by Crippen LogP contribution is -2.37. The Hall–Kier alpha value is -0.770. The zero-order chi connectivity index (χ0) is 9.42. The highest BCUT2D eigenvalue weighted by atomic mass is 16.2. The summed E-state index contributed by atoms with van der Waals surface area (Å²) in [7, 11) is 3.82. The number of rotatable bonds is 3. The molecule has 0 radical (unpaired) electrons. The standard InChI is InChI=1S/C9H17N3O/c1-10-5-8-6-12(7-3-4-7)9(13)11(8)2/h7-8,10H,3-6H2,1-2H3. The third kappa shape index (κ3) is 1.50. The van der Waals surface area contributed by atoms with Crippen LogP contribution in [0.4, 0.5) is 4.79 Å². The van der Waals surface area contributed by atoms with Crippen molar-refractivity contribution in [2.75, 3.05) is 27.2 Å². The van der Waals surface area contributed by atoms with E-state index in [1.54, 1.807) is 0 Å². The number of carbonyl (C=O) groups excluding carboxylic acids is 1. The smallest absolute Gasteiger partial charge is 0.320 e. The van der Waals surface area contributed by atoms with Gasteiger partial charge in [0.2, 0.25) is 0 Å². The van der Waals surface area contributed by atoms with Crippen molar-refractivity contribution < 1.29 is 4.79 Å². The molecule has 1 saturated carbocycles. The fourth-order valence-corrected chi connectivity index (χ4v) is 1.91. The Labute approximate surface area is 78.9 Å². The molecule has 1 aliphatic heterocycles. The molecule has 0 aromatic carbocycles. The molecule has 2 aliphatic rings. The third-order valence-electron chi connectivity index (χ3n) is 2.93. The Bertz CT molecular complexity index is 215. The summed E-state index contributed by atoms with van der Waals surface area (Å²) in [5.74, 6) is 0. The van der Waals surface area contributed by atoms with Gasteiger partial charge in [-0.25, -0.2) is 4.79 Å². The molecule has 0 bridgehead atoms. The van der Waals surface area contributed by atoms with Gasteiger partial charge in [-0.3, -0.25) is 0 Å². The Morgan fingerprint density at radius 2 is 2.23 bits per heavy atom. The Morgan fingerprint density at radius 3 is 2.77 bits per heavy atom. The molecule has 1 unspecified atom stereocenters. The summed E-state index contributed by atoms with van der Waals surface area (Å²) in [5, 5.41) is 3.12. The van der Waals surface area contributed by atoms with Gasteiger partial charge >= 0.3 is 6.03 Å². The highest BCUT2D eigenvalue weighted by molar-refractivity contribution is 5.77. The fraction of sp³-hybridized carbons (Fsp3) is 0.889. The lowest BCUT2D eigenvalue weighted by molar-refractivity contribution is 0.194. The molecule has 1 heterocycles.